The number of ether oxygens (including phenoxy) is 3. The number of esters is 1. The lowest BCUT2D eigenvalue weighted by Gasteiger charge is -2.22. The van der Waals surface area contributed by atoms with Crippen LogP contribution in [0.3, 0.4) is 0 Å². The van der Waals surface area contributed by atoms with Gasteiger partial charge in [0, 0.05) is 0 Å². The van der Waals surface area contributed by atoms with E-state index in [4.69, 9.17) is 14.2 Å². The fourth-order valence-electron chi connectivity index (χ4n) is 1.93. The van der Waals surface area contributed by atoms with E-state index in [-0.39, 0.29) is 19.8 Å². The van der Waals surface area contributed by atoms with Gasteiger partial charge in [-0.1, -0.05) is 24.8 Å². The number of alkyl carbamates (subject to hydrolysis) is 1. The molecule has 0 saturated heterocycles. The highest BCUT2D eigenvalue weighted by atomic mass is 16.6. The smallest absolute Gasteiger partial charge is 0.408 e. The third-order valence-electron chi connectivity index (χ3n) is 3.04. The number of aliphatic carboxylic acids is 1. The fraction of sp³-hybridized carbons (Fsp3) is 0.421. The predicted octanol–water partition coefficient (Wildman–Crippen LogP) is 2.52. The van der Waals surface area contributed by atoms with Gasteiger partial charge in [-0.2, -0.15) is 0 Å². The number of amides is 1. The molecule has 0 radical (unpaired) electrons. The van der Waals surface area contributed by atoms with Crippen LogP contribution in [0.15, 0.2) is 36.9 Å². The monoisotopic (exact) mass is 379 g/mol. The highest BCUT2D eigenvalue weighted by Crippen LogP contribution is 2.09. The lowest BCUT2D eigenvalue weighted by atomic mass is 10.1. The van der Waals surface area contributed by atoms with Crippen LogP contribution in [0.2, 0.25) is 0 Å². The Morgan fingerprint density at radius 2 is 2.00 bits per heavy atom. The molecule has 8 nitrogen and oxygen atoms in total. The van der Waals surface area contributed by atoms with E-state index in [9.17, 15) is 19.5 Å². The molecule has 27 heavy (non-hydrogen) atoms. The molecule has 0 saturated carbocycles. The number of carboxylic acids is 1. The molecular formula is C19H25NO7. The summed E-state index contributed by atoms with van der Waals surface area (Å²) in [6, 6.07) is 5.31. The van der Waals surface area contributed by atoms with E-state index in [1.54, 1.807) is 45.0 Å². The zero-order valence-corrected chi connectivity index (χ0v) is 15.7. The van der Waals surface area contributed by atoms with E-state index in [1.807, 2.05) is 0 Å². The Morgan fingerprint density at radius 3 is 2.59 bits per heavy atom. The van der Waals surface area contributed by atoms with E-state index < -0.39 is 29.7 Å². The summed E-state index contributed by atoms with van der Waals surface area (Å²) in [5.74, 6) is -1.74. The number of benzene rings is 1. The van der Waals surface area contributed by atoms with Crippen LogP contribution in [-0.2, 0) is 25.6 Å². The van der Waals surface area contributed by atoms with Crippen molar-refractivity contribution in [3.8, 4) is 0 Å². The first kappa shape index (κ1) is 22.2. The fourth-order valence-corrected chi connectivity index (χ4v) is 1.93. The highest BCUT2D eigenvalue weighted by molar-refractivity contribution is 5.89. The maximum Gasteiger partial charge on any atom is 0.408 e. The number of hydrogen-bond donors (Lipinski definition) is 2. The first-order valence-electron chi connectivity index (χ1n) is 8.29. The minimum atomic E-state index is -1.26. The number of carboxylic acid groups (broad SMARTS) is 1. The Balaban J connectivity index is 2.58. The van der Waals surface area contributed by atoms with Crippen LogP contribution in [0, 0.1) is 0 Å². The molecule has 148 valence electrons. The van der Waals surface area contributed by atoms with Gasteiger partial charge in [0.15, 0.2) is 6.04 Å². The molecule has 0 fully saturated rings. The molecule has 0 aromatic heterocycles. The average molecular weight is 379 g/mol. The molecule has 0 unspecified atom stereocenters. The van der Waals surface area contributed by atoms with Crippen LogP contribution in [0.1, 0.15) is 36.7 Å². The van der Waals surface area contributed by atoms with Crippen molar-refractivity contribution in [2.75, 3.05) is 13.2 Å². The van der Waals surface area contributed by atoms with E-state index in [0.29, 0.717) is 11.1 Å². The normalized spacial score (nSPS) is 12.0. The number of carbonyl (C=O) groups is 3. The van der Waals surface area contributed by atoms with Crippen LogP contribution >= 0.6 is 0 Å². The SMILES string of the molecule is C=CCOC(=O)c1cccc(COC[C@H](NC(=O)OC(C)(C)C)C(=O)O)c1. The van der Waals surface area contributed by atoms with E-state index in [1.165, 1.54) is 6.08 Å². The maximum atomic E-state index is 11.8. The number of hydrogen-bond acceptors (Lipinski definition) is 6. The van der Waals surface area contributed by atoms with Crippen molar-refractivity contribution >= 4 is 18.0 Å². The molecule has 1 aromatic rings. The lowest BCUT2D eigenvalue weighted by molar-refractivity contribution is -0.141. The zero-order chi connectivity index (χ0) is 20.4. The van der Waals surface area contributed by atoms with Crippen molar-refractivity contribution in [2.24, 2.45) is 0 Å². The molecule has 1 atom stereocenters. The highest BCUT2D eigenvalue weighted by Gasteiger charge is 2.24. The number of nitrogens with one attached hydrogen (secondary N) is 1. The first-order chi connectivity index (χ1) is 12.6. The van der Waals surface area contributed by atoms with Gasteiger partial charge in [0.1, 0.15) is 12.2 Å². The van der Waals surface area contributed by atoms with Crippen molar-refractivity contribution < 1.29 is 33.7 Å². The van der Waals surface area contributed by atoms with Gasteiger partial charge >= 0.3 is 18.0 Å². The topological polar surface area (TPSA) is 111 Å². The second-order valence-corrected chi connectivity index (χ2v) is 6.64. The summed E-state index contributed by atoms with van der Waals surface area (Å²) >= 11 is 0. The van der Waals surface area contributed by atoms with E-state index >= 15 is 0 Å². The molecule has 1 amide bonds. The maximum absolute atomic E-state index is 11.8. The van der Waals surface area contributed by atoms with Gasteiger partial charge in [-0.15, -0.1) is 0 Å². The zero-order valence-electron chi connectivity index (χ0n) is 15.7. The van der Waals surface area contributed by atoms with Gasteiger partial charge in [-0.05, 0) is 38.5 Å². The van der Waals surface area contributed by atoms with Crippen LogP contribution in [-0.4, -0.2) is 48.0 Å². The van der Waals surface area contributed by atoms with Crippen molar-refractivity contribution in [1.29, 1.82) is 0 Å². The van der Waals surface area contributed by atoms with Crippen molar-refractivity contribution in [2.45, 2.75) is 39.0 Å². The number of rotatable bonds is 9. The second kappa shape index (κ2) is 10.3. The Bertz CT molecular complexity index is 679. The summed E-state index contributed by atoms with van der Waals surface area (Å²) in [7, 11) is 0. The summed E-state index contributed by atoms with van der Waals surface area (Å²) in [6.07, 6.45) is 0.625. The molecule has 2 N–H and O–H groups in total. The molecule has 1 aromatic carbocycles. The average Bonchev–Trinajstić information content (AvgIpc) is 2.57. The molecule has 8 heteroatoms. The summed E-state index contributed by atoms with van der Waals surface area (Å²) in [6.45, 7) is 8.39. The lowest BCUT2D eigenvalue weighted by Crippen LogP contribution is -2.46. The van der Waals surface area contributed by atoms with Gasteiger partial charge < -0.3 is 24.6 Å². The third kappa shape index (κ3) is 8.87. The molecular weight excluding hydrogens is 354 g/mol. The Morgan fingerprint density at radius 1 is 1.30 bits per heavy atom. The van der Waals surface area contributed by atoms with Crippen LogP contribution < -0.4 is 5.32 Å². The van der Waals surface area contributed by atoms with E-state index in [0.717, 1.165) is 0 Å². The van der Waals surface area contributed by atoms with Crippen LogP contribution in [0.25, 0.3) is 0 Å². The third-order valence-corrected chi connectivity index (χ3v) is 3.04. The molecule has 0 bridgehead atoms. The second-order valence-electron chi connectivity index (χ2n) is 6.64. The summed E-state index contributed by atoms with van der Waals surface area (Å²) in [5.41, 5.74) is 0.262. The summed E-state index contributed by atoms with van der Waals surface area (Å²) in [5, 5.41) is 11.4. The molecule has 0 aliphatic rings. The first-order valence-corrected chi connectivity index (χ1v) is 8.29. The van der Waals surface area contributed by atoms with Gasteiger partial charge in [-0.25, -0.2) is 14.4 Å². The quantitative estimate of drug-likeness (QED) is 0.501. The van der Waals surface area contributed by atoms with Gasteiger partial charge in [0.25, 0.3) is 0 Å². The minimum Gasteiger partial charge on any atom is -0.480 e. The minimum absolute atomic E-state index is 0.0579. The van der Waals surface area contributed by atoms with Crippen LogP contribution in [0.5, 0.6) is 0 Å². The predicted molar refractivity (Wildman–Crippen MR) is 97.4 cm³/mol. The van der Waals surface area contributed by atoms with Crippen LogP contribution in [0.4, 0.5) is 4.79 Å². The number of carbonyl (C=O) groups excluding carboxylic acids is 2. The molecule has 0 heterocycles. The van der Waals surface area contributed by atoms with Crippen molar-refractivity contribution in [3.63, 3.8) is 0 Å². The largest absolute Gasteiger partial charge is 0.480 e. The molecule has 1 rings (SSSR count). The Hall–Kier alpha value is -2.87. The van der Waals surface area contributed by atoms with Crippen molar-refractivity contribution in [3.05, 3.63) is 48.0 Å². The molecule has 0 aliphatic heterocycles. The standard InChI is InChI=1S/C19H25NO7/c1-5-9-26-17(23)14-8-6-7-13(10-14)11-25-12-15(16(21)22)20-18(24)27-19(2,3)4/h5-8,10,15H,1,9,11-12H2,2-4H3,(H,20,24)(H,21,22)/t15-/m0/s1. The van der Waals surface area contributed by atoms with E-state index in [2.05, 4.69) is 11.9 Å². The Labute approximate surface area is 158 Å². The summed E-state index contributed by atoms with van der Waals surface area (Å²) in [4.78, 5) is 34.8. The Kier molecular flexibility index (Phi) is 8.47. The van der Waals surface area contributed by atoms with Gasteiger partial charge in [0.2, 0.25) is 0 Å². The van der Waals surface area contributed by atoms with Gasteiger partial charge in [0.05, 0.1) is 18.8 Å². The summed E-state index contributed by atoms with van der Waals surface area (Å²) < 4.78 is 15.4. The van der Waals surface area contributed by atoms with Gasteiger partial charge in [-0.3, -0.25) is 0 Å². The molecule has 0 spiro atoms. The molecule has 0 aliphatic carbocycles. The van der Waals surface area contributed by atoms with Crippen molar-refractivity contribution in [1.82, 2.24) is 5.32 Å².